The van der Waals surface area contributed by atoms with E-state index in [2.05, 4.69) is 5.32 Å². The lowest BCUT2D eigenvalue weighted by Crippen LogP contribution is -2.13. The first-order chi connectivity index (χ1) is 8.79. The molecule has 0 radical (unpaired) electrons. The molecule has 1 saturated carbocycles. The molecule has 0 atom stereocenters. The Morgan fingerprint density at radius 1 is 1.33 bits per heavy atom. The number of para-hydroxylation sites is 2. The quantitative estimate of drug-likeness (QED) is 0.863. The Hall–Kier alpha value is -1.51. The fourth-order valence-electron chi connectivity index (χ4n) is 2.59. The highest BCUT2D eigenvalue weighted by Gasteiger charge is 2.16. The minimum absolute atomic E-state index is 0.0893. The summed E-state index contributed by atoms with van der Waals surface area (Å²) in [5.74, 6) is 1.56. The van der Waals surface area contributed by atoms with Crippen LogP contribution in [0.4, 0.5) is 5.69 Å². The van der Waals surface area contributed by atoms with Gasteiger partial charge in [-0.05, 0) is 24.5 Å². The van der Waals surface area contributed by atoms with Gasteiger partial charge < -0.3 is 10.1 Å². The van der Waals surface area contributed by atoms with Crippen molar-refractivity contribution in [2.24, 2.45) is 5.92 Å². The fourth-order valence-corrected chi connectivity index (χ4v) is 2.59. The topological polar surface area (TPSA) is 38.3 Å². The van der Waals surface area contributed by atoms with Crippen molar-refractivity contribution in [1.82, 2.24) is 0 Å². The third-order valence-electron chi connectivity index (χ3n) is 3.64. The van der Waals surface area contributed by atoms with Gasteiger partial charge in [-0.2, -0.15) is 0 Å². The summed E-state index contributed by atoms with van der Waals surface area (Å²) >= 11 is 0. The number of carbonyl (C=O) groups is 1. The Kier molecular flexibility index (Phi) is 4.62. The Bertz CT molecular complexity index is 397. The molecule has 1 aromatic rings. The van der Waals surface area contributed by atoms with Gasteiger partial charge in [0.2, 0.25) is 5.91 Å². The van der Waals surface area contributed by atoms with Gasteiger partial charge in [-0.15, -0.1) is 0 Å². The number of rotatable bonds is 5. The maximum absolute atomic E-state index is 11.9. The molecule has 3 nitrogen and oxygen atoms in total. The van der Waals surface area contributed by atoms with E-state index in [1.165, 1.54) is 25.7 Å². The molecular weight excluding hydrogens is 226 g/mol. The predicted molar refractivity (Wildman–Crippen MR) is 72.8 cm³/mol. The number of anilines is 1. The molecule has 2 rings (SSSR count). The number of amides is 1. The van der Waals surface area contributed by atoms with Crippen LogP contribution >= 0.6 is 0 Å². The van der Waals surface area contributed by atoms with E-state index in [9.17, 15) is 4.79 Å². The fraction of sp³-hybridized carbons (Fsp3) is 0.533. The molecular formula is C15H21NO2. The van der Waals surface area contributed by atoms with E-state index < -0.39 is 0 Å². The van der Waals surface area contributed by atoms with Crippen molar-refractivity contribution in [3.05, 3.63) is 24.3 Å². The van der Waals surface area contributed by atoms with Gasteiger partial charge in [0.25, 0.3) is 0 Å². The first kappa shape index (κ1) is 12.9. The van der Waals surface area contributed by atoms with Crippen LogP contribution in [0, 0.1) is 5.92 Å². The molecule has 0 bridgehead atoms. The summed E-state index contributed by atoms with van der Waals surface area (Å²) in [7, 11) is 1.61. The van der Waals surface area contributed by atoms with E-state index in [-0.39, 0.29) is 5.91 Å². The average molecular weight is 247 g/mol. The second kappa shape index (κ2) is 6.43. The van der Waals surface area contributed by atoms with Crippen LogP contribution in [0.1, 0.15) is 38.5 Å². The largest absolute Gasteiger partial charge is 0.495 e. The molecule has 1 fully saturated rings. The van der Waals surface area contributed by atoms with Crippen LogP contribution in [0.15, 0.2) is 24.3 Å². The molecule has 1 aliphatic rings. The SMILES string of the molecule is COc1ccccc1NC(=O)CCC1CCCC1. The normalized spacial score (nSPS) is 15.6. The molecule has 0 unspecified atom stereocenters. The molecule has 0 saturated heterocycles. The second-order valence-corrected chi connectivity index (χ2v) is 4.94. The van der Waals surface area contributed by atoms with E-state index in [0.717, 1.165) is 18.0 Å². The van der Waals surface area contributed by atoms with Crippen molar-refractivity contribution >= 4 is 11.6 Å². The van der Waals surface area contributed by atoms with Crippen LogP contribution in [0.2, 0.25) is 0 Å². The first-order valence-electron chi connectivity index (χ1n) is 6.72. The monoisotopic (exact) mass is 247 g/mol. The van der Waals surface area contributed by atoms with Gasteiger partial charge in [0, 0.05) is 6.42 Å². The molecule has 1 N–H and O–H groups in total. The van der Waals surface area contributed by atoms with Crippen LogP contribution in [0.3, 0.4) is 0 Å². The zero-order chi connectivity index (χ0) is 12.8. The minimum Gasteiger partial charge on any atom is -0.495 e. The van der Waals surface area contributed by atoms with Gasteiger partial charge in [0.05, 0.1) is 12.8 Å². The molecule has 0 aromatic heterocycles. The first-order valence-corrected chi connectivity index (χ1v) is 6.72. The maximum Gasteiger partial charge on any atom is 0.224 e. The molecule has 1 aromatic carbocycles. The van der Waals surface area contributed by atoms with Crippen LogP contribution < -0.4 is 10.1 Å². The summed E-state index contributed by atoms with van der Waals surface area (Å²) in [5, 5.41) is 2.92. The van der Waals surface area contributed by atoms with Crippen LogP contribution in [0.5, 0.6) is 5.75 Å². The molecule has 98 valence electrons. The number of nitrogens with one attached hydrogen (secondary N) is 1. The highest BCUT2D eigenvalue weighted by molar-refractivity contribution is 5.92. The lowest BCUT2D eigenvalue weighted by atomic mass is 10.0. The molecule has 3 heteroatoms. The zero-order valence-corrected chi connectivity index (χ0v) is 10.9. The van der Waals surface area contributed by atoms with Crippen LogP contribution in [0.25, 0.3) is 0 Å². The summed E-state index contributed by atoms with van der Waals surface area (Å²) in [4.78, 5) is 11.9. The van der Waals surface area contributed by atoms with E-state index in [1.807, 2.05) is 24.3 Å². The molecule has 0 heterocycles. The molecule has 1 amide bonds. The Morgan fingerprint density at radius 2 is 2.06 bits per heavy atom. The third-order valence-corrected chi connectivity index (χ3v) is 3.64. The lowest BCUT2D eigenvalue weighted by molar-refractivity contribution is -0.116. The Balaban J connectivity index is 1.82. The van der Waals surface area contributed by atoms with Gasteiger partial charge in [-0.25, -0.2) is 0 Å². The number of methoxy groups -OCH3 is 1. The highest BCUT2D eigenvalue weighted by Crippen LogP contribution is 2.29. The van der Waals surface area contributed by atoms with Gasteiger partial charge in [-0.3, -0.25) is 4.79 Å². The van der Waals surface area contributed by atoms with Crippen molar-refractivity contribution in [2.75, 3.05) is 12.4 Å². The standard InChI is InChI=1S/C15H21NO2/c1-18-14-9-5-4-8-13(14)16-15(17)11-10-12-6-2-3-7-12/h4-5,8-9,12H,2-3,6-7,10-11H2,1H3,(H,16,17). The Morgan fingerprint density at radius 3 is 2.78 bits per heavy atom. The summed E-state index contributed by atoms with van der Waals surface area (Å²) in [6.45, 7) is 0. The molecule has 0 spiro atoms. The van der Waals surface area contributed by atoms with Crippen molar-refractivity contribution < 1.29 is 9.53 Å². The van der Waals surface area contributed by atoms with Crippen LogP contribution in [-0.4, -0.2) is 13.0 Å². The number of benzene rings is 1. The number of carbonyl (C=O) groups excluding carboxylic acids is 1. The molecule has 18 heavy (non-hydrogen) atoms. The summed E-state index contributed by atoms with van der Waals surface area (Å²) in [5.41, 5.74) is 0.761. The lowest BCUT2D eigenvalue weighted by Gasteiger charge is -2.11. The van der Waals surface area contributed by atoms with Crippen molar-refractivity contribution in [3.63, 3.8) is 0 Å². The summed E-state index contributed by atoms with van der Waals surface area (Å²) in [6.07, 6.45) is 6.88. The summed E-state index contributed by atoms with van der Waals surface area (Å²) < 4.78 is 5.21. The minimum atomic E-state index is 0.0893. The van der Waals surface area contributed by atoms with E-state index in [0.29, 0.717) is 12.2 Å². The maximum atomic E-state index is 11.9. The second-order valence-electron chi connectivity index (χ2n) is 4.94. The summed E-state index contributed by atoms with van der Waals surface area (Å²) in [6, 6.07) is 7.51. The van der Waals surface area contributed by atoms with E-state index in [4.69, 9.17) is 4.74 Å². The number of hydrogen-bond acceptors (Lipinski definition) is 2. The Labute approximate surface area is 109 Å². The van der Waals surface area contributed by atoms with Gasteiger partial charge in [0.15, 0.2) is 0 Å². The van der Waals surface area contributed by atoms with Gasteiger partial charge in [-0.1, -0.05) is 37.8 Å². The smallest absolute Gasteiger partial charge is 0.224 e. The van der Waals surface area contributed by atoms with Crippen molar-refractivity contribution in [3.8, 4) is 5.75 Å². The highest BCUT2D eigenvalue weighted by atomic mass is 16.5. The third kappa shape index (κ3) is 3.49. The van der Waals surface area contributed by atoms with E-state index in [1.54, 1.807) is 7.11 Å². The molecule has 1 aliphatic carbocycles. The van der Waals surface area contributed by atoms with Crippen molar-refractivity contribution in [2.45, 2.75) is 38.5 Å². The van der Waals surface area contributed by atoms with Gasteiger partial charge >= 0.3 is 0 Å². The number of hydrogen-bond donors (Lipinski definition) is 1. The predicted octanol–water partition coefficient (Wildman–Crippen LogP) is 3.60. The zero-order valence-electron chi connectivity index (χ0n) is 10.9. The van der Waals surface area contributed by atoms with Crippen LogP contribution in [-0.2, 0) is 4.79 Å². The molecule has 0 aliphatic heterocycles. The van der Waals surface area contributed by atoms with E-state index >= 15 is 0 Å². The van der Waals surface area contributed by atoms with Crippen molar-refractivity contribution in [1.29, 1.82) is 0 Å². The number of ether oxygens (including phenoxy) is 1. The van der Waals surface area contributed by atoms with Gasteiger partial charge in [0.1, 0.15) is 5.75 Å². The average Bonchev–Trinajstić information content (AvgIpc) is 2.90.